The van der Waals surface area contributed by atoms with Gasteiger partial charge in [0.25, 0.3) is 5.91 Å². The van der Waals surface area contributed by atoms with Gasteiger partial charge in [0, 0.05) is 12.1 Å². The Morgan fingerprint density at radius 2 is 1.68 bits per heavy atom. The number of aryl methyl sites for hydroxylation is 2. The summed E-state index contributed by atoms with van der Waals surface area (Å²) in [5, 5.41) is 2.79. The van der Waals surface area contributed by atoms with Gasteiger partial charge in [0.15, 0.2) is 6.61 Å². The number of amides is 1. The molecule has 0 aliphatic heterocycles. The molecule has 5 nitrogen and oxygen atoms in total. The smallest absolute Gasteiger partial charge is 0.262 e. The second-order valence-electron chi connectivity index (χ2n) is 5.73. The van der Waals surface area contributed by atoms with E-state index < -0.39 is 0 Å². The number of rotatable bonds is 6. The molecule has 2 rings (SSSR count). The Morgan fingerprint density at radius 1 is 1.00 bits per heavy atom. The van der Waals surface area contributed by atoms with Crippen molar-refractivity contribution in [3.05, 3.63) is 45.4 Å². The van der Waals surface area contributed by atoms with E-state index in [2.05, 4.69) is 27.3 Å². The van der Waals surface area contributed by atoms with Crippen LogP contribution < -0.4 is 19.5 Å². The highest BCUT2D eigenvalue weighted by Gasteiger charge is 2.13. The molecular formula is C19H22BrNO4. The van der Waals surface area contributed by atoms with Gasteiger partial charge >= 0.3 is 0 Å². The molecule has 0 aliphatic carbocycles. The summed E-state index contributed by atoms with van der Waals surface area (Å²) < 4.78 is 17.0. The van der Waals surface area contributed by atoms with E-state index in [1.165, 1.54) is 0 Å². The Hall–Kier alpha value is -2.21. The van der Waals surface area contributed by atoms with Crippen LogP contribution in [0.25, 0.3) is 0 Å². The Labute approximate surface area is 156 Å². The van der Waals surface area contributed by atoms with Gasteiger partial charge in [0.2, 0.25) is 0 Å². The number of nitrogens with one attached hydrogen (secondary N) is 1. The largest absolute Gasteiger partial charge is 0.495 e. The minimum absolute atomic E-state index is 0.0920. The minimum atomic E-state index is -0.277. The normalized spacial score (nSPS) is 10.3. The van der Waals surface area contributed by atoms with Crippen LogP contribution in [-0.4, -0.2) is 26.7 Å². The van der Waals surface area contributed by atoms with Crippen molar-refractivity contribution in [1.29, 1.82) is 0 Å². The van der Waals surface area contributed by atoms with Gasteiger partial charge in [0.1, 0.15) is 17.2 Å². The number of hydrogen-bond donors (Lipinski definition) is 1. The molecule has 134 valence electrons. The first kappa shape index (κ1) is 19.1. The predicted octanol–water partition coefficient (Wildman–Crippen LogP) is 4.41. The first-order chi connectivity index (χ1) is 11.8. The molecule has 0 unspecified atom stereocenters. The third kappa shape index (κ3) is 4.66. The third-order valence-electron chi connectivity index (χ3n) is 3.87. The summed E-state index contributed by atoms with van der Waals surface area (Å²) in [6, 6.07) is 7.45. The lowest BCUT2D eigenvalue weighted by molar-refractivity contribution is -0.118. The SMILES string of the molecule is COc1cc(NC(=O)COc2cc(C)cc(C)c2C)c(OC)cc1Br. The van der Waals surface area contributed by atoms with Gasteiger partial charge < -0.3 is 19.5 Å². The summed E-state index contributed by atoms with van der Waals surface area (Å²) in [5.41, 5.74) is 3.78. The number of carbonyl (C=O) groups excluding carboxylic acids is 1. The Bertz CT molecular complexity index is 789. The van der Waals surface area contributed by atoms with Gasteiger partial charge in [-0.3, -0.25) is 4.79 Å². The fourth-order valence-electron chi connectivity index (χ4n) is 2.44. The molecule has 0 atom stereocenters. The van der Waals surface area contributed by atoms with Crippen molar-refractivity contribution in [1.82, 2.24) is 0 Å². The van der Waals surface area contributed by atoms with E-state index in [-0.39, 0.29) is 12.5 Å². The molecule has 6 heteroatoms. The Morgan fingerprint density at radius 3 is 2.32 bits per heavy atom. The maximum atomic E-state index is 12.3. The molecule has 0 spiro atoms. The second kappa shape index (κ2) is 8.25. The van der Waals surface area contributed by atoms with Crippen LogP contribution in [0.2, 0.25) is 0 Å². The van der Waals surface area contributed by atoms with E-state index in [0.29, 0.717) is 22.9 Å². The van der Waals surface area contributed by atoms with Crippen molar-refractivity contribution >= 4 is 27.5 Å². The van der Waals surface area contributed by atoms with Gasteiger partial charge in [-0.1, -0.05) is 6.07 Å². The van der Waals surface area contributed by atoms with Crippen LogP contribution in [0.5, 0.6) is 17.2 Å². The molecular weight excluding hydrogens is 386 g/mol. The summed E-state index contributed by atoms with van der Waals surface area (Å²) >= 11 is 3.39. The molecule has 2 aromatic rings. The van der Waals surface area contributed by atoms with Gasteiger partial charge in [-0.25, -0.2) is 0 Å². The summed E-state index contributed by atoms with van der Waals surface area (Å²) in [7, 11) is 3.10. The Kier molecular flexibility index (Phi) is 6.31. The van der Waals surface area contributed by atoms with E-state index in [9.17, 15) is 4.79 Å². The molecule has 0 aliphatic rings. The van der Waals surface area contributed by atoms with Crippen LogP contribution in [0.3, 0.4) is 0 Å². The number of methoxy groups -OCH3 is 2. The first-order valence-electron chi connectivity index (χ1n) is 7.77. The van der Waals surface area contributed by atoms with Crippen molar-refractivity contribution in [2.45, 2.75) is 20.8 Å². The molecule has 0 bridgehead atoms. The zero-order valence-electron chi connectivity index (χ0n) is 15.0. The number of hydrogen-bond acceptors (Lipinski definition) is 4. The maximum absolute atomic E-state index is 12.3. The monoisotopic (exact) mass is 407 g/mol. The quantitative estimate of drug-likeness (QED) is 0.770. The molecule has 2 aromatic carbocycles. The lowest BCUT2D eigenvalue weighted by Crippen LogP contribution is -2.21. The minimum Gasteiger partial charge on any atom is -0.495 e. The zero-order chi connectivity index (χ0) is 18.6. The van der Waals surface area contributed by atoms with Gasteiger partial charge in [-0.15, -0.1) is 0 Å². The summed E-state index contributed by atoms with van der Waals surface area (Å²) in [5.74, 6) is 1.57. The molecule has 25 heavy (non-hydrogen) atoms. The van der Waals surface area contributed by atoms with Crippen molar-refractivity contribution in [3.8, 4) is 17.2 Å². The summed E-state index contributed by atoms with van der Waals surface area (Å²) in [6.07, 6.45) is 0. The van der Waals surface area contributed by atoms with Crippen LogP contribution in [0.15, 0.2) is 28.7 Å². The van der Waals surface area contributed by atoms with Crippen LogP contribution >= 0.6 is 15.9 Å². The topological polar surface area (TPSA) is 56.8 Å². The molecule has 0 heterocycles. The zero-order valence-corrected chi connectivity index (χ0v) is 16.6. The van der Waals surface area contributed by atoms with Crippen molar-refractivity contribution in [2.75, 3.05) is 26.1 Å². The van der Waals surface area contributed by atoms with E-state index in [4.69, 9.17) is 14.2 Å². The van der Waals surface area contributed by atoms with Crippen LogP contribution in [0.4, 0.5) is 5.69 Å². The highest BCUT2D eigenvalue weighted by atomic mass is 79.9. The standard InChI is InChI=1S/C19H22BrNO4/c1-11-6-12(2)13(3)16(7-11)25-10-19(22)21-15-9-17(23-4)14(20)8-18(15)24-5/h6-9H,10H2,1-5H3,(H,21,22). The van der Waals surface area contributed by atoms with E-state index in [1.54, 1.807) is 26.4 Å². The van der Waals surface area contributed by atoms with Crippen LogP contribution in [0, 0.1) is 20.8 Å². The lowest BCUT2D eigenvalue weighted by Gasteiger charge is -2.15. The maximum Gasteiger partial charge on any atom is 0.262 e. The van der Waals surface area contributed by atoms with E-state index in [1.807, 2.05) is 26.8 Å². The van der Waals surface area contributed by atoms with E-state index in [0.717, 1.165) is 21.2 Å². The number of halogens is 1. The predicted molar refractivity (Wildman–Crippen MR) is 102 cm³/mol. The van der Waals surface area contributed by atoms with Crippen molar-refractivity contribution < 1.29 is 19.0 Å². The highest BCUT2D eigenvalue weighted by molar-refractivity contribution is 9.10. The van der Waals surface area contributed by atoms with Crippen LogP contribution in [-0.2, 0) is 4.79 Å². The number of anilines is 1. The number of carbonyl (C=O) groups is 1. The fraction of sp³-hybridized carbons (Fsp3) is 0.316. The molecule has 0 saturated heterocycles. The average molecular weight is 408 g/mol. The van der Waals surface area contributed by atoms with Crippen LogP contribution in [0.1, 0.15) is 16.7 Å². The lowest BCUT2D eigenvalue weighted by atomic mass is 10.1. The van der Waals surface area contributed by atoms with E-state index >= 15 is 0 Å². The first-order valence-corrected chi connectivity index (χ1v) is 8.57. The average Bonchev–Trinajstić information content (AvgIpc) is 2.57. The molecule has 0 radical (unpaired) electrons. The van der Waals surface area contributed by atoms with Gasteiger partial charge in [-0.05, 0) is 59.5 Å². The highest BCUT2D eigenvalue weighted by Crippen LogP contribution is 2.36. The summed E-state index contributed by atoms with van der Waals surface area (Å²) in [4.78, 5) is 12.3. The number of benzene rings is 2. The molecule has 0 aromatic heterocycles. The van der Waals surface area contributed by atoms with Crippen molar-refractivity contribution in [3.63, 3.8) is 0 Å². The van der Waals surface area contributed by atoms with Crippen molar-refractivity contribution in [2.24, 2.45) is 0 Å². The number of ether oxygens (including phenoxy) is 3. The molecule has 1 amide bonds. The fourth-order valence-corrected chi connectivity index (χ4v) is 2.92. The third-order valence-corrected chi connectivity index (χ3v) is 4.49. The van der Waals surface area contributed by atoms with Gasteiger partial charge in [0.05, 0.1) is 24.4 Å². The molecule has 1 N–H and O–H groups in total. The van der Waals surface area contributed by atoms with Gasteiger partial charge in [-0.2, -0.15) is 0 Å². The second-order valence-corrected chi connectivity index (χ2v) is 6.58. The summed E-state index contributed by atoms with van der Waals surface area (Å²) in [6.45, 7) is 5.91. The molecule has 0 saturated carbocycles. The molecule has 0 fully saturated rings. The Balaban J connectivity index is 2.11.